The van der Waals surface area contributed by atoms with Crippen LogP contribution in [0.1, 0.15) is 18.4 Å². The summed E-state index contributed by atoms with van der Waals surface area (Å²) in [6.45, 7) is 1.71. The number of hydrogen-bond acceptors (Lipinski definition) is 2. The molecule has 2 rings (SSSR count). The van der Waals surface area contributed by atoms with Crippen molar-refractivity contribution in [2.24, 2.45) is 0 Å². The molecule has 0 aromatic heterocycles. The molecule has 2 nitrogen and oxygen atoms in total. The molecule has 1 N–H and O–H groups in total. The van der Waals surface area contributed by atoms with E-state index >= 15 is 0 Å². The lowest BCUT2D eigenvalue weighted by Gasteiger charge is -2.08. The van der Waals surface area contributed by atoms with Gasteiger partial charge >= 0.3 is 5.97 Å². The Balaban J connectivity index is 2.48. The number of aliphatic carboxylic acids is 1. The highest BCUT2D eigenvalue weighted by Crippen LogP contribution is 2.25. The number of benzene rings is 2. The molecule has 88 valence electrons. The Hall–Kier alpha value is -1.48. The number of carbonyl (C=O) groups is 1. The number of rotatable bonds is 3. The van der Waals surface area contributed by atoms with E-state index in [-0.39, 0.29) is 0 Å². The smallest absolute Gasteiger partial charge is 0.310 e. The van der Waals surface area contributed by atoms with Gasteiger partial charge < -0.3 is 5.11 Å². The molecule has 0 saturated carbocycles. The molecule has 0 amide bonds. The Morgan fingerprint density at radius 2 is 1.82 bits per heavy atom. The van der Waals surface area contributed by atoms with Crippen molar-refractivity contribution in [3.63, 3.8) is 0 Å². The Morgan fingerprint density at radius 1 is 1.18 bits per heavy atom. The van der Waals surface area contributed by atoms with Gasteiger partial charge in [-0.1, -0.05) is 24.3 Å². The summed E-state index contributed by atoms with van der Waals surface area (Å²) in [6, 6.07) is 12.1. The first-order chi connectivity index (χ1) is 8.11. The fourth-order valence-electron chi connectivity index (χ4n) is 1.78. The van der Waals surface area contributed by atoms with Crippen LogP contribution in [0.5, 0.6) is 0 Å². The summed E-state index contributed by atoms with van der Waals surface area (Å²) < 4.78 is 0. The van der Waals surface area contributed by atoms with Gasteiger partial charge in [0, 0.05) is 4.90 Å². The minimum Gasteiger partial charge on any atom is -0.481 e. The normalized spacial score (nSPS) is 12.6. The van der Waals surface area contributed by atoms with Crippen molar-refractivity contribution in [2.45, 2.75) is 17.7 Å². The van der Waals surface area contributed by atoms with Crippen LogP contribution in [0.15, 0.2) is 41.3 Å². The second-order valence-corrected chi connectivity index (χ2v) is 4.91. The molecule has 2 aromatic rings. The van der Waals surface area contributed by atoms with Gasteiger partial charge in [0.25, 0.3) is 0 Å². The molecule has 0 saturated heterocycles. The van der Waals surface area contributed by atoms with E-state index in [0.717, 1.165) is 16.3 Å². The van der Waals surface area contributed by atoms with Crippen LogP contribution in [0.25, 0.3) is 10.8 Å². The van der Waals surface area contributed by atoms with Crippen molar-refractivity contribution >= 4 is 28.5 Å². The average Bonchev–Trinajstić information content (AvgIpc) is 2.36. The van der Waals surface area contributed by atoms with E-state index in [2.05, 4.69) is 12.1 Å². The van der Waals surface area contributed by atoms with Gasteiger partial charge in [0.15, 0.2) is 0 Å². The number of hydrogen-bond donors (Lipinski definition) is 1. The van der Waals surface area contributed by atoms with Gasteiger partial charge in [-0.3, -0.25) is 4.79 Å². The molecule has 1 atom stereocenters. The van der Waals surface area contributed by atoms with Gasteiger partial charge in [0.1, 0.15) is 0 Å². The maximum absolute atomic E-state index is 10.9. The fourth-order valence-corrected chi connectivity index (χ4v) is 2.23. The summed E-state index contributed by atoms with van der Waals surface area (Å²) in [6.07, 6.45) is 2.04. The maximum Gasteiger partial charge on any atom is 0.310 e. The van der Waals surface area contributed by atoms with Crippen LogP contribution in [-0.4, -0.2) is 17.3 Å². The molecular weight excluding hydrogens is 232 g/mol. The SMILES string of the molecule is CSc1ccc2cc(C(C)C(=O)O)ccc2c1. The molecule has 0 bridgehead atoms. The summed E-state index contributed by atoms with van der Waals surface area (Å²) >= 11 is 1.70. The van der Waals surface area contributed by atoms with Crippen LogP contribution >= 0.6 is 11.8 Å². The second kappa shape index (κ2) is 4.80. The molecule has 0 aliphatic carbocycles. The minimum atomic E-state index is -0.787. The molecule has 0 spiro atoms. The highest BCUT2D eigenvalue weighted by atomic mass is 32.2. The third kappa shape index (κ3) is 2.44. The molecular formula is C14H14O2S. The van der Waals surface area contributed by atoms with Gasteiger partial charge in [0.2, 0.25) is 0 Å². The topological polar surface area (TPSA) is 37.3 Å². The quantitative estimate of drug-likeness (QED) is 0.838. The van der Waals surface area contributed by atoms with E-state index in [4.69, 9.17) is 5.11 Å². The second-order valence-electron chi connectivity index (χ2n) is 4.03. The van der Waals surface area contributed by atoms with E-state index in [1.54, 1.807) is 18.7 Å². The van der Waals surface area contributed by atoms with Gasteiger partial charge in [0.05, 0.1) is 5.92 Å². The number of thioether (sulfide) groups is 1. The Labute approximate surface area is 105 Å². The summed E-state index contributed by atoms with van der Waals surface area (Å²) in [5, 5.41) is 11.2. The molecule has 2 aromatic carbocycles. The van der Waals surface area contributed by atoms with Crippen molar-refractivity contribution in [1.82, 2.24) is 0 Å². The first-order valence-corrected chi connectivity index (χ1v) is 6.65. The first kappa shape index (κ1) is 12.0. The van der Waals surface area contributed by atoms with Gasteiger partial charge in [-0.05, 0) is 41.6 Å². The van der Waals surface area contributed by atoms with E-state index in [9.17, 15) is 4.79 Å². The Bertz CT molecular complexity index is 563. The summed E-state index contributed by atoms with van der Waals surface area (Å²) in [7, 11) is 0. The van der Waals surface area contributed by atoms with Crippen LogP contribution in [0.3, 0.4) is 0 Å². The molecule has 17 heavy (non-hydrogen) atoms. The van der Waals surface area contributed by atoms with Crippen molar-refractivity contribution in [3.8, 4) is 0 Å². The summed E-state index contributed by atoms with van der Waals surface area (Å²) in [5.74, 6) is -1.25. The first-order valence-electron chi connectivity index (χ1n) is 5.42. The zero-order chi connectivity index (χ0) is 12.4. The van der Waals surface area contributed by atoms with Crippen molar-refractivity contribution in [3.05, 3.63) is 42.0 Å². The van der Waals surface area contributed by atoms with Crippen LogP contribution in [0.4, 0.5) is 0 Å². The lowest BCUT2D eigenvalue weighted by Crippen LogP contribution is -2.06. The molecule has 1 unspecified atom stereocenters. The fraction of sp³-hybridized carbons (Fsp3) is 0.214. The van der Waals surface area contributed by atoms with E-state index in [1.165, 1.54) is 4.90 Å². The number of fused-ring (bicyclic) bond motifs is 1. The Kier molecular flexibility index (Phi) is 3.38. The average molecular weight is 246 g/mol. The standard InChI is InChI=1S/C14H14O2S/c1-9(14(15)16)10-3-4-12-8-13(17-2)6-5-11(12)7-10/h3-9H,1-2H3,(H,15,16). The molecule has 3 heteroatoms. The van der Waals surface area contributed by atoms with Crippen LogP contribution in [-0.2, 0) is 4.79 Å². The number of carboxylic acids is 1. The van der Waals surface area contributed by atoms with E-state index < -0.39 is 11.9 Å². The summed E-state index contributed by atoms with van der Waals surface area (Å²) in [4.78, 5) is 12.2. The molecule has 0 heterocycles. The highest BCUT2D eigenvalue weighted by Gasteiger charge is 2.13. The zero-order valence-corrected chi connectivity index (χ0v) is 10.6. The third-order valence-corrected chi connectivity index (χ3v) is 3.67. The van der Waals surface area contributed by atoms with E-state index in [0.29, 0.717) is 0 Å². The zero-order valence-electron chi connectivity index (χ0n) is 9.81. The highest BCUT2D eigenvalue weighted by molar-refractivity contribution is 7.98. The minimum absolute atomic E-state index is 0.459. The summed E-state index contributed by atoms with van der Waals surface area (Å²) in [5.41, 5.74) is 0.849. The molecule has 0 radical (unpaired) electrons. The lowest BCUT2D eigenvalue weighted by molar-refractivity contribution is -0.138. The molecule has 0 fully saturated rings. The van der Waals surface area contributed by atoms with Gasteiger partial charge in [-0.2, -0.15) is 0 Å². The van der Waals surface area contributed by atoms with Gasteiger partial charge in [-0.25, -0.2) is 0 Å². The number of carboxylic acid groups (broad SMARTS) is 1. The Morgan fingerprint density at radius 3 is 2.47 bits per heavy atom. The lowest BCUT2D eigenvalue weighted by atomic mass is 9.98. The van der Waals surface area contributed by atoms with Crippen LogP contribution in [0, 0.1) is 0 Å². The van der Waals surface area contributed by atoms with Crippen molar-refractivity contribution < 1.29 is 9.90 Å². The predicted molar refractivity (Wildman–Crippen MR) is 71.8 cm³/mol. The molecule has 0 aliphatic rings. The predicted octanol–water partition coefficient (Wildman–Crippen LogP) is 3.75. The van der Waals surface area contributed by atoms with Crippen LogP contribution < -0.4 is 0 Å². The van der Waals surface area contributed by atoms with E-state index in [1.807, 2.05) is 30.5 Å². The maximum atomic E-state index is 10.9. The third-order valence-electron chi connectivity index (χ3n) is 2.94. The van der Waals surface area contributed by atoms with Crippen LogP contribution in [0.2, 0.25) is 0 Å². The van der Waals surface area contributed by atoms with Crippen molar-refractivity contribution in [2.75, 3.05) is 6.26 Å². The monoisotopic (exact) mass is 246 g/mol. The largest absolute Gasteiger partial charge is 0.481 e. The van der Waals surface area contributed by atoms with Crippen molar-refractivity contribution in [1.29, 1.82) is 0 Å². The van der Waals surface area contributed by atoms with Gasteiger partial charge in [-0.15, -0.1) is 11.8 Å². The molecule has 0 aliphatic heterocycles.